The minimum atomic E-state index is -1.33. The number of ether oxygens (including phenoxy) is 2. The van der Waals surface area contributed by atoms with Crippen LogP contribution in [0.15, 0.2) is 42.8 Å². The van der Waals surface area contributed by atoms with Gasteiger partial charge in [-0.25, -0.2) is 9.18 Å². The zero-order valence-corrected chi connectivity index (χ0v) is 16.9. The largest absolute Gasteiger partial charge is 0.461 e. The van der Waals surface area contributed by atoms with Gasteiger partial charge in [0, 0.05) is 6.42 Å². The Morgan fingerprint density at radius 2 is 2.07 bits per heavy atom. The van der Waals surface area contributed by atoms with Crippen molar-refractivity contribution in [2.24, 2.45) is 17.3 Å². The maximum Gasteiger partial charge on any atom is 0.366 e. The first-order chi connectivity index (χ1) is 13.7. The molecule has 0 aromatic heterocycles. The SMILES string of the molecule is C=CCc1cccc2c1CC(F)C2OC(=O)[C@@H]1[C@H](C=C(F)C(=O)OCC)C1(C)C. The maximum absolute atomic E-state index is 14.7. The Labute approximate surface area is 169 Å². The summed E-state index contributed by atoms with van der Waals surface area (Å²) in [5, 5.41) is 0. The molecule has 1 aromatic carbocycles. The number of hydrogen-bond donors (Lipinski definition) is 0. The van der Waals surface area contributed by atoms with Gasteiger partial charge in [-0.3, -0.25) is 4.79 Å². The summed E-state index contributed by atoms with van der Waals surface area (Å²) in [6, 6.07) is 5.51. The van der Waals surface area contributed by atoms with Crippen LogP contribution in [-0.2, 0) is 31.9 Å². The number of hydrogen-bond acceptors (Lipinski definition) is 4. The minimum Gasteiger partial charge on any atom is -0.461 e. The zero-order valence-electron chi connectivity index (χ0n) is 16.9. The van der Waals surface area contributed by atoms with E-state index >= 15 is 0 Å². The van der Waals surface area contributed by atoms with E-state index in [1.807, 2.05) is 12.1 Å². The van der Waals surface area contributed by atoms with E-state index in [2.05, 4.69) is 11.3 Å². The molecule has 6 heteroatoms. The number of carbonyl (C=O) groups is 2. The van der Waals surface area contributed by atoms with Crippen LogP contribution in [0.2, 0.25) is 0 Å². The van der Waals surface area contributed by atoms with Gasteiger partial charge in [0.15, 0.2) is 6.10 Å². The van der Waals surface area contributed by atoms with Crippen LogP contribution in [0.3, 0.4) is 0 Å². The fraction of sp³-hybridized carbons (Fsp3) is 0.478. The third kappa shape index (κ3) is 3.98. The highest BCUT2D eigenvalue weighted by atomic mass is 19.1. The van der Waals surface area contributed by atoms with E-state index in [-0.39, 0.29) is 13.0 Å². The monoisotopic (exact) mass is 404 g/mol. The van der Waals surface area contributed by atoms with Crippen molar-refractivity contribution in [2.75, 3.05) is 6.61 Å². The summed E-state index contributed by atoms with van der Waals surface area (Å²) in [4.78, 5) is 24.3. The third-order valence-electron chi connectivity index (χ3n) is 5.91. The normalized spacial score (nSPS) is 27.1. The van der Waals surface area contributed by atoms with E-state index in [9.17, 15) is 18.4 Å². The standard InChI is InChI=1S/C23H26F2O4/c1-5-8-13-9-7-10-14-15(13)11-17(24)20(14)29-22(27)19-16(23(19,3)4)12-18(25)21(26)28-6-2/h5,7,9-10,12,16-17,19-20H,1,6,8,11H2,2-4H3/t16-,17?,19-,20?/m0/s1. The second-order valence-corrected chi connectivity index (χ2v) is 8.12. The van der Waals surface area contributed by atoms with Crippen molar-refractivity contribution >= 4 is 11.9 Å². The smallest absolute Gasteiger partial charge is 0.366 e. The number of carbonyl (C=O) groups excluding carboxylic acids is 2. The highest BCUT2D eigenvalue weighted by molar-refractivity contribution is 5.87. The van der Waals surface area contributed by atoms with Gasteiger partial charge in [0.05, 0.1) is 12.5 Å². The van der Waals surface area contributed by atoms with Gasteiger partial charge in [-0.15, -0.1) is 6.58 Å². The van der Waals surface area contributed by atoms with Crippen LogP contribution >= 0.6 is 0 Å². The molecule has 4 atom stereocenters. The summed E-state index contributed by atoms with van der Waals surface area (Å²) in [6.07, 6.45) is 1.37. The Hall–Kier alpha value is -2.50. The number of allylic oxidation sites excluding steroid dienone is 2. The average molecular weight is 404 g/mol. The lowest BCUT2D eigenvalue weighted by Gasteiger charge is -2.16. The van der Waals surface area contributed by atoms with Gasteiger partial charge < -0.3 is 9.47 Å². The van der Waals surface area contributed by atoms with Crippen molar-refractivity contribution in [2.45, 2.75) is 45.9 Å². The van der Waals surface area contributed by atoms with E-state index in [0.717, 1.165) is 17.2 Å². The Morgan fingerprint density at radius 1 is 1.34 bits per heavy atom. The zero-order chi connectivity index (χ0) is 21.3. The highest BCUT2D eigenvalue weighted by Gasteiger charge is 2.62. The van der Waals surface area contributed by atoms with Crippen molar-refractivity contribution in [3.63, 3.8) is 0 Å². The molecule has 2 unspecified atom stereocenters. The van der Waals surface area contributed by atoms with Gasteiger partial charge in [-0.05, 0) is 47.4 Å². The first-order valence-electron chi connectivity index (χ1n) is 9.82. The molecule has 0 spiro atoms. The molecule has 0 bridgehead atoms. The molecule has 2 aliphatic rings. The van der Waals surface area contributed by atoms with Gasteiger partial charge in [0.25, 0.3) is 0 Å². The summed E-state index contributed by atoms with van der Waals surface area (Å²) in [5.74, 6) is -3.81. The van der Waals surface area contributed by atoms with Gasteiger partial charge in [0.1, 0.15) is 6.17 Å². The van der Waals surface area contributed by atoms with Crippen LogP contribution in [0.25, 0.3) is 0 Å². The molecule has 0 radical (unpaired) electrons. The van der Waals surface area contributed by atoms with Crippen molar-refractivity contribution in [3.8, 4) is 0 Å². The van der Waals surface area contributed by atoms with Crippen molar-refractivity contribution < 1.29 is 27.8 Å². The Kier molecular flexibility index (Phi) is 5.92. The molecule has 156 valence electrons. The Balaban J connectivity index is 1.75. The number of fused-ring (bicyclic) bond motifs is 1. The van der Waals surface area contributed by atoms with E-state index in [1.54, 1.807) is 32.9 Å². The molecule has 4 nitrogen and oxygen atoms in total. The predicted octanol–water partition coefficient (Wildman–Crippen LogP) is 4.58. The average Bonchev–Trinajstić information content (AvgIpc) is 3.04. The van der Waals surface area contributed by atoms with E-state index in [0.29, 0.717) is 12.0 Å². The molecule has 1 saturated carbocycles. The fourth-order valence-corrected chi connectivity index (χ4v) is 4.21. The molecule has 0 heterocycles. The van der Waals surface area contributed by atoms with E-state index in [1.165, 1.54) is 0 Å². The molecule has 0 amide bonds. The molecule has 0 N–H and O–H groups in total. The maximum atomic E-state index is 14.7. The van der Waals surface area contributed by atoms with Crippen LogP contribution < -0.4 is 0 Å². The number of rotatable bonds is 7. The van der Waals surface area contributed by atoms with Crippen LogP contribution in [0.4, 0.5) is 8.78 Å². The number of halogens is 2. The third-order valence-corrected chi connectivity index (χ3v) is 5.91. The van der Waals surface area contributed by atoms with Gasteiger partial charge in [-0.1, -0.05) is 38.1 Å². The summed E-state index contributed by atoms with van der Waals surface area (Å²) in [6.45, 7) is 8.94. The summed E-state index contributed by atoms with van der Waals surface area (Å²) in [5.41, 5.74) is 1.92. The van der Waals surface area contributed by atoms with Crippen LogP contribution in [0.5, 0.6) is 0 Å². The molecule has 1 aromatic rings. The minimum absolute atomic E-state index is 0.0619. The highest BCUT2D eigenvalue weighted by Crippen LogP contribution is 2.60. The molecule has 3 rings (SSSR count). The molecular weight excluding hydrogens is 378 g/mol. The fourth-order valence-electron chi connectivity index (χ4n) is 4.21. The lowest BCUT2D eigenvalue weighted by atomic mass is 10.0. The van der Waals surface area contributed by atoms with E-state index < -0.39 is 47.3 Å². The predicted molar refractivity (Wildman–Crippen MR) is 104 cm³/mol. The topological polar surface area (TPSA) is 52.6 Å². The Morgan fingerprint density at radius 3 is 2.72 bits per heavy atom. The second kappa shape index (κ2) is 8.09. The molecular formula is C23H26F2O4. The van der Waals surface area contributed by atoms with Crippen molar-refractivity contribution in [3.05, 3.63) is 59.4 Å². The van der Waals surface area contributed by atoms with Gasteiger partial charge in [-0.2, -0.15) is 4.39 Å². The number of alkyl halides is 1. The molecule has 2 aliphatic carbocycles. The quantitative estimate of drug-likeness (QED) is 0.379. The molecule has 1 fully saturated rings. The number of esters is 2. The van der Waals surface area contributed by atoms with Crippen LogP contribution in [0, 0.1) is 17.3 Å². The summed E-state index contributed by atoms with van der Waals surface area (Å²) >= 11 is 0. The van der Waals surface area contributed by atoms with Gasteiger partial charge in [0.2, 0.25) is 5.83 Å². The van der Waals surface area contributed by atoms with Crippen LogP contribution in [0.1, 0.15) is 43.6 Å². The lowest BCUT2D eigenvalue weighted by molar-refractivity contribution is -0.155. The van der Waals surface area contributed by atoms with E-state index in [4.69, 9.17) is 4.74 Å². The first kappa shape index (κ1) is 21.2. The Bertz CT molecular complexity index is 858. The summed E-state index contributed by atoms with van der Waals surface area (Å²) < 4.78 is 38.9. The first-order valence-corrected chi connectivity index (χ1v) is 9.82. The van der Waals surface area contributed by atoms with Gasteiger partial charge >= 0.3 is 11.9 Å². The second-order valence-electron chi connectivity index (χ2n) is 8.12. The molecule has 0 aliphatic heterocycles. The lowest BCUT2D eigenvalue weighted by Crippen LogP contribution is -2.19. The van der Waals surface area contributed by atoms with Crippen molar-refractivity contribution in [1.82, 2.24) is 0 Å². The van der Waals surface area contributed by atoms with Crippen molar-refractivity contribution in [1.29, 1.82) is 0 Å². The van der Waals surface area contributed by atoms with Crippen LogP contribution in [-0.4, -0.2) is 24.7 Å². The summed E-state index contributed by atoms with van der Waals surface area (Å²) in [7, 11) is 0. The molecule has 29 heavy (non-hydrogen) atoms. The molecule has 0 saturated heterocycles. The number of benzene rings is 1.